The maximum absolute atomic E-state index is 9.60. The van der Waals surface area contributed by atoms with Crippen LogP contribution in [0.2, 0.25) is 0 Å². The molecule has 1 aromatic rings. The fraction of sp³-hybridized carbons (Fsp3) is 0.100. The van der Waals surface area contributed by atoms with E-state index in [0.29, 0.717) is 0 Å². The lowest BCUT2D eigenvalue weighted by Gasteiger charge is -2.00. The number of carboxylic acid groups (broad SMARTS) is 1. The Labute approximate surface area is 128 Å². The zero-order valence-electron chi connectivity index (χ0n) is 8.23. The topological polar surface area (TPSA) is 37.3 Å². The molecular formula is C10H8Br4O2. The van der Waals surface area contributed by atoms with Gasteiger partial charge in [0.05, 0.1) is 0 Å². The third-order valence-electron chi connectivity index (χ3n) is 1.35. The number of hydrogen-bond acceptors (Lipinski definition) is 1. The van der Waals surface area contributed by atoms with E-state index in [-0.39, 0.29) is 5.57 Å². The van der Waals surface area contributed by atoms with Crippen molar-refractivity contribution in [3.05, 3.63) is 42.2 Å². The van der Waals surface area contributed by atoms with E-state index in [1.165, 1.54) is 6.92 Å². The summed E-state index contributed by atoms with van der Waals surface area (Å²) in [7, 11) is 0. The zero-order valence-corrected chi connectivity index (χ0v) is 14.6. The van der Waals surface area contributed by atoms with Gasteiger partial charge >= 0.3 is 5.97 Å². The van der Waals surface area contributed by atoms with Gasteiger partial charge in [0.25, 0.3) is 0 Å². The smallest absolute Gasteiger partial charge is 0.330 e. The molecule has 0 amide bonds. The van der Waals surface area contributed by atoms with Gasteiger partial charge < -0.3 is 5.11 Å². The molecule has 0 fully saturated rings. The van der Waals surface area contributed by atoms with Gasteiger partial charge in [0, 0.05) is 23.5 Å². The van der Waals surface area contributed by atoms with Gasteiger partial charge in [-0.3, -0.25) is 0 Å². The van der Waals surface area contributed by atoms with Crippen LogP contribution in [0.1, 0.15) is 6.92 Å². The van der Waals surface area contributed by atoms with Crippen LogP contribution in [0.3, 0.4) is 0 Å². The summed E-state index contributed by atoms with van der Waals surface area (Å²) < 4.78 is 4.15. The molecule has 0 radical (unpaired) electrons. The second-order valence-corrected chi connectivity index (χ2v) is 6.04. The molecule has 0 saturated heterocycles. The van der Waals surface area contributed by atoms with Crippen molar-refractivity contribution in [2.45, 2.75) is 6.92 Å². The molecule has 0 aromatic heterocycles. The summed E-state index contributed by atoms with van der Waals surface area (Å²) in [5, 5.41) is 7.89. The van der Waals surface area contributed by atoms with Crippen LogP contribution in [-0.2, 0) is 4.79 Å². The van der Waals surface area contributed by atoms with E-state index in [4.69, 9.17) is 5.11 Å². The summed E-state index contributed by atoms with van der Waals surface area (Å²) >= 11 is 13.6. The summed E-state index contributed by atoms with van der Waals surface area (Å²) in [5.74, 6) is -0.935. The van der Waals surface area contributed by atoms with Crippen LogP contribution in [0.4, 0.5) is 0 Å². The Morgan fingerprint density at radius 3 is 1.56 bits per heavy atom. The number of aliphatic carboxylic acids is 1. The molecule has 0 unspecified atom stereocenters. The van der Waals surface area contributed by atoms with Gasteiger partial charge in [-0.25, -0.2) is 4.79 Å². The molecular weight excluding hydrogens is 472 g/mol. The normalized spacial score (nSPS) is 9.06. The van der Waals surface area contributed by atoms with Crippen molar-refractivity contribution in [2.75, 3.05) is 0 Å². The number of carbonyl (C=O) groups is 1. The molecule has 1 N–H and O–H groups in total. The van der Waals surface area contributed by atoms with Crippen molar-refractivity contribution in [3.63, 3.8) is 0 Å². The SMILES string of the molecule is Brc1ccc(Br)c(Br)c1Br.C=C(C)C(=O)O. The first-order valence-electron chi connectivity index (χ1n) is 3.95. The summed E-state index contributed by atoms with van der Waals surface area (Å²) in [4.78, 5) is 9.60. The third-order valence-corrected chi connectivity index (χ3v) is 5.92. The molecule has 2 nitrogen and oxygen atoms in total. The number of halogens is 4. The van der Waals surface area contributed by atoms with Gasteiger partial charge in [0.1, 0.15) is 0 Å². The Balaban J connectivity index is 0.000000325. The summed E-state index contributed by atoms with van der Waals surface area (Å²) in [6.07, 6.45) is 0. The lowest BCUT2D eigenvalue weighted by molar-refractivity contribution is -0.132. The van der Waals surface area contributed by atoms with Crippen LogP contribution in [0.25, 0.3) is 0 Å². The van der Waals surface area contributed by atoms with Crippen molar-refractivity contribution in [2.24, 2.45) is 0 Å². The molecule has 16 heavy (non-hydrogen) atoms. The molecule has 1 aromatic carbocycles. The van der Waals surface area contributed by atoms with Crippen LogP contribution < -0.4 is 0 Å². The lowest BCUT2D eigenvalue weighted by Crippen LogP contribution is -1.92. The van der Waals surface area contributed by atoms with Crippen molar-refractivity contribution < 1.29 is 9.90 Å². The molecule has 0 aliphatic carbocycles. The van der Waals surface area contributed by atoms with Gasteiger partial charge in [-0.2, -0.15) is 0 Å². The molecule has 0 saturated carbocycles. The molecule has 0 spiro atoms. The van der Waals surface area contributed by atoms with E-state index in [1.807, 2.05) is 12.1 Å². The third kappa shape index (κ3) is 5.61. The highest BCUT2D eigenvalue weighted by atomic mass is 79.9. The van der Waals surface area contributed by atoms with E-state index in [9.17, 15) is 4.79 Å². The Morgan fingerprint density at radius 2 is 1.38 bits per heavy atom. The fourth-order valence-electron chi connectivity index (χ4n) is 0.502. The van der Waals surface area contributed by atoms with E-state index >= 15 is 0 Å². The van der Waals surface area contributed by atoms with Gasteiger partial charge in [-0.05, 0) is 82.8 Å². The van der Waals surface area contributed by atoms with Crippen LogP contribution in [-0.4, -0.2) is 11.1 Å². The average molecular weight is 480 g/mol. The van der Waals surface area contributed by atoms with Crippen molar-refractivity contribution >= 4 is 69.7 Å². The van der Waals surface area contributed by atoms with E-state index in [1.54, 1.807) is 0 Å². The van der Waals surface area contributed by atoms with E-state index in [2.05, 4.69) is 70.3 Å². The first-order chi connectivity index (χ1) is 7.27. The monoisotopic (exact) mass is 476 g/mol. The van der Waals surface area contributed by atoms with E-state index in [0.717, 1.165) is 17.9 Å². The molecule has 6 heteroatoms. The highest BCUT2D eigenvalue weighted by molar-refractivity contribution is 9.15. The molecule has 1 rings (SSSR count). The Kier molecular flexibility index (Phi) is 7.80. The van der Waals surface area contributed by atoms with E-state index < -0.39 is 5.97 Å². The van der Waals surface area contributed by atoms with Crippen LogP contribution >= 0.6 is 63.7 Å². The Morgan fingerprint density at radius 1 is 1.12 bits per heavy atom. The standard InChI is InChI=1S/C6H2Br4.C4H6O2/c7-3-1-2-4(8)6(10)5(3)9;1-3(2)4(5)6/h1-2H;1H2,2H3,(H,5,6). The minimum Gasteiger partial charge on any atom is -0.478 e. The lowest BCUT2D eigenvalue weighted by atomic mass is 10.4. The van der Waals surface area contributed by atoms with Crippen molar-refractivity contribution in [1.29, 1.82) is 0 Å². The number of hydrogen-bond donors (Lipinski definition) is 1. The summed E-state index contributed by atoms with van der Waals surface area (Å²) in [6, 6.07) is 3.94. The van der Waals surface area contributed by atoms with Gasteiger partial charge in [0.2, 0.25) is 0 Å². The second-order valence-electron chi connectivity index (χ2n) is 2.74. The van der Waals surface area contributed by atoms with Crippen LogP contribution in [0.15, 0.2) is 42.2 Å². The second kappa shape index (κ2) is 7.63. The Hall–Kier alpha value is 0.350. The predicted octanol–water partition coefficient (Wildman–Crippen LogP) is 5.38. The highest BCUT2D eigenvalue weighted by Crippen LogP contribution is 2.35. The molecule has 88 valence electrons. The minimum atomic E-state index is -0.935. The first-order valence-corrected chi connectivity index (χ1v) is 7.12. The average Bonchev–Trinajstić information content (AvgIpc) is 2.21. The maximum Gasteiger partial charge on any atom is 0.330 e. The molecule has 0 aliphatic rings. The number of carboxylic acids is 1. The zero-order chi connectivity index (χ0) is 12.9. The Bertz CT molecular complexity index is 377. The summed E-state index contributed by atoms with van der Waals surface area (Å²) in [5.41, 5.74) is 0.176. The molecule has 0 atom stereocenters. The van der Waals surface area contributed by atoms with Gasteiger partial charge in [-0.15, -0.1) is 0 Å². The predicted molar refractivity (Wildman–Crippen MR) is 79.7 cm³/mol. The van der Waals surface area contributed by atoms with Crippen LogP contribution in [0, 0.1) is 0 Å². The van der Waals surface area contributed by atoms with Gasteiger partial charge in [0.15, 0.2) is 0 Å². The fourth-order valence-corrected chi connectivity index (χ4v) is 2.39. The largest absolute Gasteiger partial charge is 0.478 e. The first kappa shape index (κ1) is 16.4. The molecule has 0 bridgehead atoms. The highest BCUT2D eigenvalue weighted by Gasteiger charge is 2.03. The maximum atomic E-state index is 9.60. The molecule has 0 aliphatic heterocycles. The molecule has 0 heterocycles. The number of rotatable bonds is 1. The van der Waals surface area contributed by atoms with Crippen molar-refractivity contribution in [3.8, 4) is 0 Å². The minimum absolute atomic E-state index is 0.176. The summed E-state index contributed by atoms with van der Waals surface area (Å²) in [6.45, 7) is 4.60. The van der Waals surface area contributed by atoms with Crippen molar-refractivity contribution in [1.82, 2.24) is 0 Å². The van der Waals surface area contributed by atoms with Gasteiger partial charge in [-0.1, -0.05) is 6.58 Å². The quantitative estimate of drug-likeness (QED) is 0.333. The number of benzene rings is 1. The van der Waals surface area contributed by atoms with Crippen LogP contribution in [0.5, 0.6) is 0 Å².